The van der Waals surface area contributed by atoms with Crippen molar-refractivity contribution in [1.29, 1.82) is 5.26 Å². The maximum absolute atomic E-state index is 12.7. The minimum atomic E-state index is -0.671. The van der Waals surface area contributed by atoms with E-state index in [-0.39, 0.29) is 44.6 Å². The molecule has 0 spiro atoms. The van der Waals surface area contributed by atoms with Crippen molar-refractivity contribution in [3.8, 4) is 23.6 Å². The standard InChI is InChI=1S/C22H12Cl2N6O4/c1-11-16(9-25)29-30(22(33)27-11)13-7-14(23)20(15(24)8-13)34-21-26-10-17(31)18(28-21)19(32)12-5-3-2-4-6-12/h2-8,10,31H,1H2,(H,27,33). The summed E-state index contributed by atoms with van der Waals surface area (Å²) in [6.45, 7) is 3.55. The van der Waals surface area contributed by atoms with Gasteiger partial charge in [-0.1, -0.05) is 60.1 Å². The molecule has 0 unspecified atom stereocenters. The molecule has 0 saturated heterocycles. The summed E-state index contributed by atoms with van der Waals surface area (Å²) in [5.74, 6) is -1.04. The van der Waals surface area contributed by atoms with E-state index in [1.54, 1.807) is 30.3 Å². The van der Waals surface area contributed by atoms with Gasteiger partial charge in [-0.2, -0.15) is 25.3 Å². The molecule has 0 aliphatic carbocycles. The Morgan fingerprint density at radius 2 is 1.88 bits per heavy atom. The Bertz CT molecular complexity index is 1400. The Morgan fingerprint density at radius 3 is 2.53 bits per heavy atom. The molecule has 1 aliphatic heterocycles. The van der Waals surface area contributed by atoms with Gasteiger partial charge in [0, 0.05) is 5.56 Å². The Labute approximate surface area is 202 Å². The van der Waals surface area contributed by atoms with Crippen LogP contribution >= 0.6 is 23.2 Å². The largest absolute Gasteiger partial charge is 0.504 e. The molecule has 4 rings (SSSR count). The first-order chi connectivity index (χ1) is 16.3. The van der Waals surface area contributed by atoms with E-state index in [9.17, 15) is 14.7 Å². The van der Waals surface area contributed by atoms with Crippen molar-refractivity contribution >= 4 is 46.4 Å². The smallest absolute Gasteiger partial charge is 0.347 e. The summed E-state index contributed by atoms with van der Waals surface area (Å²) in [6.07, 6.45) is 1.01. The fourth-order valence-corrected chi connectivity index (χ4v) is 3.42. The van der Waals surface area contributed by atoms with Gasteiger partial charge in [-0.05, 0) is 12.1 Å². The highest BCUT2D eigenvalue weighted by atomic mass is 35.5. The average Bonchev–Trinajstić information content (AvgIpc) is 2.82. The van der Waals surface area contributed by atoms with Gasteiger partial charge in [0.15, 0.2) is 22.9 Å². The number of rotatable bonds is 5. The van der Waals surface area contributed by atoms with Crippen molar-refractivity contribution in [3.63, 3.8) is 0 Å². The number of hydrogen-bond donors (Lipinski definition) is 2. The van der Waals surface area contributed by atoms with Crippen LogP contribution in [-0.4, -0.2) is 32.6 Å². The molecule has 1 aliphatic rings. The number of carbonyl (C=O) groups is 2. The molecule has 0 atom stereocenters. The van der Waals surface area contributed by atoms with E-state index >= 15 is 0 Å². The third-order valence-corrected chi connectivity index (χ3v) is 5.02. The zero-order valence-electron chi connectivity index (χ0n) is 17.0. The molecule has 10 nitrogen and oxygen atoms in total. The lowest BCUT2D eigenvalue weighted by atomic mass is 10.1. The van der Waals surface area contributed by atoms with E-state index in [0.29, 0.717) is 5.56 Å². The molecule has 0 radical (unpaired) electrons. The van der Waals surface area contributed by atoms with E-state index in [1.165, 1.54) is 12.1 Å². The number of aromatic nitrogens is 2. The third kappa shape index (κ3) is 4.38. The van der Waals surface area contributed by atoms with Gasteiger partial charge in [-0.15, -0.1) is 0 Å². The Balaban J connectivity index is 1.65. The van der Waals surface area contributed by atoms with Crippen molar-refractivity contribution in [1.82, 2.24) is 15.3 Å². The highest BCUT2D eigenvalue weighted by molar-refractivity contribution is 6.37. The number of hydrogen-bond acceptors (Lipinski definition) is 8. The number of urea groups is 1. The molecule has 0 saturated carbocycles. The molecule has 3 aromatic rings. The van der Waals surface area contributed by atoms with Gasteiger partial charge in [0.05, 0.1) is 27.6 Å². The Hall–Kier alpha value is -4.46. The monoisotopic (exact) mass is 494 g/mol. The molecule has 1 aromatic heterocycles. The summed E-state index contributed by atoms with van der Waals surface area (Å²) >= 11 is 12.6. The topological polar surface area (TPSA) is 141 Å². The van der Waals surface area contributed by atoms with Crippen molar-refractivity contribution in [2.45, 2.75) is 0 Å². The molecule has 2 N–H and O–H groups in total. The molecule has 0 fully saturated rings. The predicted molar refractivity (Wildman–Crippen MR) is 123 cm³/mol. The lowest BCUT2D eigenvalue weighted by Crippen LogP contribution is -2.42. The Morgan fingerprint density at radius 1 is 1.21 bits per heavy atom. The van der Waals surface area contributed by atoms with Gasteiger partial charge >= 0.3 is 12.0 Å². The number of nitrogens with zero attached hydrogens (tertiary/aromatic N) is 5. The number of carbonyl (C=O) groups excluding carboxylic acids is 2. The van der Waals surface area contributed by atoms with Gasteiger partial charge in [-0.3, -0.25) is 4.79 Å². The molecule has 34 heavy (non-hydrogen) atoms. The van der Waals surface area contributed by atoms with Crippen LogP contribution in [0.15, 0.2) is 66.0 Å². The second-order valence-electron chi connectivity index (χ2n) is 6.70. The lowest BCUT2D eigenvalue weighted by molar-refractivity contribution is 0.103. The second kappa shape index (κ2) is 9.19. The highest BCUT2D eigenvalue weighted by Crippen LogP contribution is 2.39. The SMILES string of the molecule is C=C1NC(=O)N(c2cc(Cl)c(Oc3ncc(O)c(C(=O)c4ccccc4)n3)c(Cl)c2)N=C1C#N. The summed E-state index contributed by atoms with van der Waals surface area (Å²) in [6, 6.07) is 11.7. The number of anilines is 1. The van der Waals surface area contributed by atoms with Crippen LogP contribution in [0.2, 0.25) is 10.0 Å². The van der Waals surface area contributed by atoms with E-state index in [0.717, 1.165) is 11.2 Å². The summed E-state index contributed by atoms with van der Waals surface area (Å²) in [7, 11) is 0. The summed E-state index contributed by atoms with van der Waals surface area (Å²) in [5, 5.41) is 26.3. The minimum Gasteiger partial charge on any atom is -0.504 e. The zero-order valence-corrected chi connectivity index (χ0v) is 18.5. The van der Waals surface area contributed by atoms with Crippen LogP contribution < -0.4 is 15.1 Å². The first-order valence-electron chi connectivity index (χ1n) is 9.40. The molecular weight excluding hydrogens is 483 g/mol. The van der Waals surface area contributed by atoms with Crippen LogP contribution in [0.25, 0.3) is 0 Å². The van der Waals surface area contributed by atoms with Crippen LogP contribution in [0, 0.1) is 11.3 Å². The van der Waals surface area contributed by atoms with Crippen molar-refractivity contribution in [2.24, 2.45) is 5.10 Å². The van der Waals surface area contributed by atoms with E-state index in [2.05, 4.69) is 27.0 Å². The van der Waals surface area contributed by atoms with Crippen LogP contribution in [0.5, 0.6) is 17.5 Å². The van der Waals surface area contributed by atoms with E-state index in [4.69, 9.17) is 33.2 Å². The summed E-state index contributed by atoms with van der Waals surface area (Å²) in [5.41, 5.74) is 0.143. The number of allylic oxidation sites excluding steroid dienone is 1. The van der Waals surface area contributed by atoms with E-state index < -0.39 is 17.6 Å². The molecule has 2 aromatic carbocycles. The number of nitriles is 1. The maximum Gasteiger partial charge on any atom is 0.347 e. The number of halogens is 2. The number of benzene rings is 2. The van der Waals surface area contributed by atoms with Crippen molar-refractivity contribution in [3.05, 3.63) is 82.2 Å². The summed E-state index contributed by atoms with van der Waals surface area (Å²) in [4.78, 5) is 32.8. The maximum atomic E-state index is 12.7. The number of amides is 2. The average molecular weight is 495 g/mol. The number of hydrazone groups is 1. The summed E-state index contributed by atoms with van der Waals surface area (Å²) < 4.78 is 5.58. The molecule has 2 amide bonds. The second-order valence-corrected chi connectivity index (χ2v) is 7.52. The van der Waals surface area contributed by atoms with Gasteiger partial charge in [0.1, 0.15) is 6.07 Å². The fraction of sp³-hybridized carbons (Fsp3) is 0. The van der Waals surface area contributed by atoms with Crippen LogP contribution in [0.3, 0.4) is 0 Å². The minimum absolute atomic E-state index is 0.0407. The van der Waals surface area contributed by atoms with Gasteiger partial charge in [-0.25, -0.2) is 4.79 Å². The van der Waals surface area contributed by atoms with Crippen molar-refractivity contribution < 1.29 is 19.4 Å². The molecular formula is C22H12Cl2N6O4. The normalized spacial score (nSPS) is 13.1. The quantitative estimate of drug-likeness (QED) is 0.499. The molecule has 0 bridgehead atoms. The molecule has 2 heterocycles. The molecule has 168 valence electrons. The van der Waals surface area contributed by atoms with Crippen LogP contribution in [0.1, 0.15) is 16.1 Å². The van der Waals surface area contributed by atoms with Gasteiger partial charge in [0.2, 0.25) is 5.78 Å². The van der Waals surface area contributed by atoms with Crippen molar-refractivity contribution in [2.75, 3.05) is 5.01 Å². The Kier molecular flexibility index (Phi) is 6.14. The van der Waals surface area contributed by atoms with Crippen LogP contribution in [-0.2, 0) is 0 Å². The van der Waals surface area contributed by atoms with Crippen LogP contribution in [0.4, 0.5) is 10.5 Å². The third-order valence-electron chi connectivity index (χ3n) is 4.46. The predicted octanol–water partition coefficient (Wildman–Crippen LogP) is 4.44. The lowest BCUT2D eigenvalue weighted by Gasteiger charge is -2.24. The zero-order chi connectivity index (χ0) is 24.4. The fourth-order valence-electron chi connectivity index (χ4n) is 2.87. The van der Waals surface area contributed by atoms with E-state index in [1.807, 2.05) is 6.07 Å². The van der Waals surface area contributed by atoms with Gasteiger partial charge < -0.3 is 15.2 Å². The molecule has 12 heteroatoms. The number of nitrogens with one attached hydrogen (secondary N) is 1. The number of ketones is 1. The first kappa shape index (κ1) is 22.7. The number of ether oxygens (including phenoxy) is 1. The van der Waals surface area contributed by atoms with Gasteiger partial charge in [0.25, 0.3) is 0 Å². The highest BCUT2D eigenvalue weighted by Gasteiger charge is 2.26. The number of aromatic hydroxyl groups is 1. The first-order valence-corrected chi connectivity index (χ1v) is 10.2.